The van der Waals surface area contributed by atoms with Gasteiger partial charge in [0.15, 0.2) is 5.82 Å². The van der Waals surface area contributed by atoms with Gasteiger partial charge in [-0.1, -0.05) is 0 Å². The molecule has 4 nitrogen and oxygen atoms in total. The van der Waals surface area contributed by atoms with Crippen molar-refractivity contribution < 1.29 is 4.39 Å². The quantitative estimate of drug-likeness (QED) is 0.855. The second-order valence-electron chi connectivity index (χ2n) is 3.32. The molecule has 1 N–H and O–H groups in total. The molecule has 0 aliphatic carbocycles. The van der Waals surface area contributed by atoms with Gasteiger partial charge in [-0.3, -0.25) is 0 Å². The summed E-state index contributed by atoms with van der Waals surface area (Å²) >= 11 is 0. The first kappa shape index (κ1) is 11.0. The zero-order valence-electron chi connectivity index (χ0n) is 9.11. The van der Waals surface area contributed by atoms with Crippen LogP contribution in [-0.2, 0) is 0 Å². The monoisotopic (exact) mass is 228 g/mol. The van der Waals surface area contributed by atoms with Gasteiger partial charge < -0.3 is 5.32 Å². The Labute approximate surface area is 97.8 Å². The van der Waals surface area contributed by atoms with E-state index in [1.54, 1.807) is 19.2 Å². The third kappa shape index (κ3) is 2.21. The smallest absolute Gasteiger partial charge is 0.161 e. The van der Waals surface area contributed by atoms with Crippen LogP contribution in [0.5, 0.6) is 0 Å². The van der Waals surface area contributed by atoms with Gasteiger partial charge in [0.2, 0.25) is 0 Å². The molecule has 17 heavy (non-hydrogen) atoms. The van der Waals surface area contributed by atoms with E-state index in [2.05, 4.69) is 15.3 Å². The van der Waals surface area contributed by atoms with E-state index in [-0.39, 0.29) is 5.82 Å². The lowest BCUT2D eigenvalue weighted by atomic mass is 10.2. The summed E-state index contributed by atoms with van der Waals surface area (Å²) in [5, 5.41) is 11.6. The number of halogens is 1. The molecule has 0 aliphatic rings. The highest BCUT2D eigenvalue weighted by Gasteiger charge is 2.07. The first-order valence-electron chi connectivity index (χ1n) is 4.95. The number of nitrogens with one attached hydrogen (secondary N) is 1. The molecule has 0 radical (unpaired) electrons. The summed E-state index contributed by atoms with van der Waals surface area (Å²) in [4.78, 5) is 8.26. The fourth-order valence-corrected chi connectivity index (χ4v) is 1.39. The van der Waals surface area contributed by atoms with Crippen molar-refractivity contribution in [2.24, 2.45) is 0 Å². The molecule has 0 spiro atoms. The van der Waals surface area contributed by atoms with Crippen LogP contribution in [0.1, 0.15) is 5.56 Å². The van der Waals surface area contributed by atoms with Gasteiger partial charge in [0, 0.05) is 12.6 Å². The number of nitrogens with zero attached hydrogens (tertiary/aromatic N) is 3. The minimum atomic E-state index is -0.309. The first-order chi connectivity index (χ1) is 8.24. The Kier molecular flexibility index (Phi) is 2.97. The number of rotatable bonds is 2. The summed E-state index contributed by atoms with van der Waals surface area (Å²) in [5.41, 5.74) is 1.07. The molecular formula is C12H9FN4. The van der Waals surface area contributed by atoms with Crippen molar-refractivity contribution in [2.45, 2.75) is 0 Å². The molecule has 2 rings (SSSR count). The van der Waals surface area contributed by atoms with E-state index in [0.717, 1.165) is 0 Å². The SMILES string of the molecule is CNc1nc(-c2ccc(F)cc2)ncc1C#N. The largest absolute Gasteiger partial charge is 0.372 e. The average Bonchev–Trinajstić information content (AvgIpc) is 2.39. The Morgan fingerprint density at radius 1 is 1.29 bits per heavy atom. The number of benzene rings is 1. The summed E-state index contributed by atoms with van der Waals surface area (Å²) in [6.07, 6.45) is 1.44. The van der Waals surface area contributed by atoms with Crippen molar-refractivity contribution in [3.8, 4) is 17.5 Å². The Balaban J connectivity index is 2.47. The minimum absolute atomic E-state index is 0.309. The Hall–Kier alpha value is -2.48. The van der Waals surface area contributed by atoms with Crippen LogP contribution in [0, 0.1) is 17.1 Å². The van der Waals surface area contributed by atoms with Crippen molar-refractivity contribution >= 4 is 5.82 Å². The maximum Gasteiger partial charge on any atom is 0.161 e. The first-order valence-corrected chi connectivity index (χ1v) is 4.95. The molecule has 0 saturated heterocycles. The third-order valence-electron chi connectivity index (χ3n) is 2.25. The van der Waals surface area contributed by atoms with Crippen LogP contribution < -0.4 is 5.32 Å². The van der Waals surface area contributed by atoms with E-state index in [0.29, 0.717) is 22.8 Å². The highest BCUT2D eigenvalue weighted by atomic mass is 19.1. The van der Waals surface area contributed by atoms with Crippen molar-refractivity contribution in [3.05, 3.63) is 41.8 Å². The number of hydrogen-bond acceptors (Lipinski definition) is 4. The maximum absolute atomic E-state index is 12.8. The molecule has 0 saturated carbocycles. The van der Waals surface area contributed by atoms with Crippen LogP contribution in [0.4, 0.5) is 10.2 Å². The van der Waals surface area contributed by atoms with E-state index in [4.69, 9.17) is 5.26 Å². The number of anilines is 1. The van der Waals surface area contributed by atoms with Gasteiger partial charge in [-0.2, -0.15) is 5.26 Å². The zero-order valence-corrected chi connectivity index (χ0v) is 9.11. The summed E-state index contributed by atoms with van der Waals surface area (Å²) in [6.45, 7) is 0. The number of aromatic nitrogens is 2. The molecule has 0 unspecified atom stereocenters. The molecule has 84 valence electrons. The average molecular weight is 228 g/mol. The highest BCUT2D eigenvalue weighted by Crippen LogP contribution is 2.18. The van der Waals surface area contributed by atoms with Gasteiger partial charge in [-0.15, -0.1) is 0 Å². The topological polar surface area (TPSA) is 61.6 Å². The van der Waals surface area contributed by atoms with Crippen LogP contribution in [0.2, 0.25) is 0 Å². The van der Waals surface area contributed by atoms with Gasteiger partial charge in [-0.05, 0) is 24.3 Å². The zero-order chi connectivity index (χ0) is 12.3. The second-order valence-corrected chi connectivity index (χ2v) is 3.32. The predicted molar refractivity (Wildman–Crippen MR) is 61.7 cm³/mol. The second kappa shape index (κ2) is 4.58. The van der Waals surface area contributed by atoms with Crippen LogP contribution in [0.15, 0.2) is 30.5 Å². The standard InChI is InChI=1S/C12H9FN4/c1-15-11-9(6-14)7-16-12(17-11)8-2-4-10(13)5-3-8/h2-5,7H,1H3,(H,15,16,17). The van der Waals surface area contributed by atoms with Crippen molar-refractivity contribution in [2.75, 3.05) is 12.4 Å². The highest BCUT2D eigenvalue weighted by molar-refractivity contribution is 5.60. The fraction of sp³-hybridized carbons (Fsp3) is 0.0833. The Morgan fingerprint density at radius 3 is 2.59 bits per heavy atom. The minimum Gasteiger partial charge on any atom is -0.372 e. The number of nitriles is 1. The van der Waals surface area contributed by atoms with Crippen molar-refractivity contribution in [3.63, 3.8) is 0 Å². The molecule has 0 fully saturated rings. The van der Waals surface area contributed by atoms with Crippen LogP contribution >= 0.6 is 0 Å². The molecule has 0 amide bonds. The Morgan fingerprint density at radius 2 is 2.00 bits per heavy atom. The van der Waals surface area contributed by atoms with Gasteiger partial charge in [-0.25, -0.2) is 14.4 Å². The predicted octanol–water partition coefficient (Wildman–Crippen LogP) is 2.20. The maximum atomic E-state index is 12.8. The molecule has 0 aliphatic heterocycles. The molecular weight excluding hydrogens is 219 g/mol. The molecule has 1 heterocycles. The Bertz CT molecular complexity index is 572. The van der Waals surface area contributed by atoms with E-state index >= 15 is 0 Å². The molecule has 0 bridgehead atoms. The van der Waals surface area contributed by atoms with E-state index in [1.165, 1.54) is 18.3 Å². The lowest BCUT2D eigenvalue weighted by molar-refractivity contribution is 0.628. The van der Waals surface area contributed by atoms with Crippen LogP contribution in [-0.4, -0.2) is 17.0 Å². The molecule has 0 atom stereocenters. The lowest BCUT2D eigenvalue weighted by Crippen LogP contribution is -1.99. The van der Waals surface area contributed by atoms with Gasteiger partial charge in [0.05, 0.1) is 6.20 Å². The summed E-state index contributed by atoms with van der Waals surface area (Å²) < 4.78 is 12.8. The molecule has 2 aromatic rings. The number of hydrogen-bond donors (Lipinski definition) is 1. The normalized spacial score (nSPS) is 9.71. The van der Waals surface area contributed by atoms with Crippen LogP contribution in [0.3, 0.4) is 0 Å². The van der Waals surface area contributed by atoms with E-state index in [1.807, 2.05) is 6.07 Å². The molecule has 1 aromatic heterocycles. The van der Waals surface area contributed by atoms with Gasteiger partial charge in [0.25, 0.3) is 0 Å². The van der Waals surface area contributed by atoms with Gasteiger partial charge >= 0.3 is 0 Å². The fourth-order valence-electron chi connectivity index (χ4n) is 1.39. The lowest BCUT2D eigenvalue weighted by Gasteiger charge is -2.04. The summed E-state index contributed by atoms with van der Waals surface area (Å²) in [7, 11) is 1.68. The van der Waals surface area contributed by atoms with Crippen molar-refractivity contribution in [1.29, 1.82) is 5.26 Å². The summed E-state index contributed by atoms with van der Waals surface area (Å²) in [5.74, 6) is 0.603. The van der Waals surface area contributed by atoms with Crippen LogP contribution in [0.25, 0.3) is 11.4 Å². The molecule has 5 heteroatoms. The summed E-state index contributed by atoms with van der Waals surface area (Å²) in [6, 6.07) is 7.86. The van der Waals surface area contributed by atoms with Crippen molar-refractivity contribution in [1.82, 2.24) is 9.97 Å². The third-order valence-corrected chi connectivity index (χ3v) is 2.25. The molecule has 1 aromatic carbocycles. The van der Waals surface area contributed by atoms with E-state index in [9.17, 15) is 4.39 Å². The van der Waals surface area contributed by atoms with Gasteiger partial charge in [0.1, 0.15) is 23.3 Å². The van der Waals surface area contributed by atoms with E-state index < -0.39 is 0 Å².